The second-order valence-corrected chi connectivity index (χ2v) is 14.8. The molecule has 1 unspecified atom stereocenters. The van der Waals surface area contributed by atoms with Crippen LogP contribution in [0, 0.1) is 22.7 Å². The van der Waals surface area contributed by atoms with Gasteiger partial charge in [0, 0.05) is 27.9 Å². The number of benzene rings is 3. The fourth-order valence-corrected chi connectivity index (χ4v) is 9.41. The highest BCUT2D eigenvalue weighted by atomic mass is 16.7. The van der Waals surface area contributed by atoms with Gasteiger partial charge in [0.25, 0.3) is 0 Å². The topological polar surface area (TPSA) is 169 Å². The Morgan fingerprint density at radius 1 is 0.840 bits per heavy atom. The van der Waals surface area contributed by atoms with Gasteiger partial charge in [-0.2, -0.15) is 0 Å². The summed E-state index contributed by atoms with van der Waals surface area (Å²) < 4.78 is 22.3. The Bertz CT molecular complexity index is 2160. The first-order valence-corrected chi connectivity index (χ1v) is 16.5. The summed E-state index contributed by atoms with van der Waals surface area (Å²) in [6.07, 6.45) is 0.0943. The molecule has 0 amide bonds. The average molecular weight is 681 g/mol. The van der Waals surface area contributed by atoms with E-state index in [9.17, 15) is 34.8 Å². The molecule has 0 saturated carbocycles. The summed E-state index contributed by atoms with van der Waals surface area (Å²) in [5, 5.41) is 48.0. The van der Waals surface area contributed by atoms with Gasteiger partial charge in [-0.3, -0.25) is 14.4 Å². The molecule has 50 heavy (non-hydrogen) atoms. The Labute approximate surface area is 287 Å². The van der Waals surface area contributed by atoms with Crippen LogP contribution < -0.4 is 18.9 Å². The van der Waals surface area contributed by atoms with Crippen LogP contribution in [-0.4, -0.2) is 57.0 Å². The molecule has 3 aliphatic carbocycles. The average Bonchev–Trinajstić information content (AvgIpc) is 3.71. The van der Waals surface area contributed by atoms with Crippen LogP contribution in [-0.2, 0) is 16.0 Å². The molecular weight excluding hydrogens is 644 g/mol. The Kier molecular flexibility index (Phi) is 6.62. The number of carbonyl (C=O) groups excluding carboxylic acids is 3. The third kappa shape index (κ3) is 3.98. The zero-order chi connectivity index (χ0) is 35.7. The number of phenols is 1. The fraction of sp³-hybridized carbons (Fsp3) is 0.359. The van der Waals surface area contributed by atoms with Gasteiger partial charge in [-0.05, 0) is 78.3 Å². The number of ketones is 3. The van der Waals surface area contributed by atoms with Crippen LogP contribution in [0.4, 0.5) is 0 Å². The van der Waals surface area contributed by atoms with Crippen molar-refractivity contribution in [1.29, 1.82) is 0 Å². The number of phenolic OH excluding ortho intramolecular Hbond substituents is 1. The summed E-state index contributed by atoms with van der Waals surface area (Å²) in [6, 6.07) is 12.3. The van der Waals surface area contributed by atoms with E-state index in [2.05, 4.69) is 0 Å². The van der Waals surface area contributed by atoms with E-state index in [1.54, 1.807) is 64.1 Å². The van der Waals surface area contributed by atoms with Gasteiger partial charge in [0.2, 0.25) is 19.4 Å². The van der Waals surface area contributed by atoms with Gasteiger partial charge >= 0.3 is 0 Å². The normalized spacial score (nSPS) is 27.8. The zero-order valence-corrected chi connectivity index (χ0v) is 28.2. The molecule has 11 nitrogen and oxygen atoms in total. The van der Waals surface area contributed by atoms with Crippen molar-refractivity contribution in [2.45, 2.75) is 53.1 Å². The van der Waals surface area contributed by atoms with Crippen LogP contribution in [0.2, 0.25) is 0 Å². The van der Waals surface area contributed by atoms with Crippen molar-refractivity contribution < 1.29 is 53.8 Å². The van der Waals surface area contributed by atoms with E-state index in [1.807, 2.05) is 6.07 Å². The van der Waals surface area contributed by atoms with Gasteiger partial charge in [-0.25, -0.2) is 0 Å². The molecule has 0 saturated heterocycles. The summed E-state index contributed by atoms with van der Waals surface area (Å²) >= 11 is 0. The molecule has 5 aliphatic rings. The summed E-state index contributed by atoms with van der Waals surface area (Å²) in [6.45, 7) is 8.20. The van der Waals surface area contributed by atoms with Crippen molar-refractivity contribution in [3.63, 3.8) is 0 Å². The molecule has 2 aliphatic heterocycles. The summed E-state index contributed by atoms with van der Waals surface area (Å²) in [5.74, 6) is -3.57. The first-order valence-electron chi connectivity index (χ1n) is 16.5. The van der Waals surface area contributed by atoms with E-state index in [1.165, 1.54) is 0 Å². The predicted molar refractivity (Wildman–Crippen MR) is 178 cm³/mol. The molecule has 11 heteroatoms. The lowest BCUT2D eigenvalue weighted by atomic mass is 9.44. The number of hydrogen-bond donors (Lipinski definition) is 4. The van der Waals surface area contributed by atoms with Crippen LogP contribution in [0.3, 0.4) is 0 Å². The number of fused-ring (bicyclic) bond motifs is 5. The maximum absolute atomic E-state index is 14.9. The van der Waals surface area contributed by atoms with Crippen molar-refractivity contribution in [2.24, 2.45) is 22.7 Å². The van der Waals surface area contributed by atoms with Gasteiger partial charge < -0.3 is 39.4 Å². The van der Waals surface area contributed by atoms with Crippen LogP contribution >= 0.6 is 0 Å². The molecule has 0 fully saturated rings. The predicted octanol–water partition coefficient (Wildman–Crippen LogP) is 6.14. The van der Waals surface area contributed by atoms with Crippen LogP contribution in [0.25, 0.3) is 22.3 Å². The molecule has 2 heterocycles. The Balaban J connectivity index is 1.40. The number of Topliss-reactive ketones (excluding diaryl/α,β-unsaturated/α-hetero) is 3. The van der Waals surface area contributed by atoms with E-state index >= 15 is 0 Å². The van der Waals surface area contributed by atoms with Gasteiger partial charge in [-0.15, -0.1) is 0 Å². The van der Waals surface area contributed by atoms with Crippen molar-refractivity contribution in [2.75, 3.05) is 13.6 Å². The third-order valence-electron chi connectivity index (χ3n) is 11.4. The number of hydrogen-bond acceptors (Lipinski definition) is 11. The van der Waals surface area contributed by atoms with Crippen molar-refractivity contribution >= 4 is 17.3 Å². The van der Waals surface area contributed by atoms with Crippen molar-refractivity contribution in [1.82, 2.24) is 0 Å². The number of carbonyl (C=O) groups is 3. The maximum atomic E-state index is 14.9. The first-order chi connectivity index (χ1) is 23.6. The van der Waals surface area contributed by atoms with Crippen molar-refractivity contribution in [3.05, 3.63) is 76.3 Å². The molecule has 8 rings (SSSR count). The Hall–Kier alpha value is -5.29. The van der Waals surface area contributed by atoms with Crippen LogP contribution in [0.5, 0.6) is 28.7 Å². The van der Waals surface area contributed by atoms with E-state index in [0.717, 1.165) is 6.92 Å². The first kappa shape index (κ1) is 31.9. The SMILES string of the molecule is CC(=O)C1=C(O)C(C(C)C)[C@@]2(C)C[C@@]3(C)Cc4c(-c5ccc6c(c5)OCO6)cc(-c5ccc6c(c5)OCO6)c(O)c4C(=O)C3=C(O)[C@@]2(O)C1=O. The number of allylic oxidation sites excluding steroid dienone is 2. The number of rotatable bonds is 4. The lowest BCUT2D eigenvalue weighted by Gasteiger charge is -2.59. The molecule has 0 radical (unpaired) electrons. The number of ether oxygens (including phenoxy) is 4. The van der Waals surface area contributed by atoms with E-state index in [-0.39, 0.29) is 49.2 Å². The molecule has 4 N–H and O–H groups in total. The summed E-state index contributed by atoms with van der Waals surface area (Å²) in [4.78, 5) is 41.8. The fourth-order valence-electron chi connectivity index (χ4n) is 9.41. The van der Waals surface area contributed by atoms with Crippen molar-refractivity contribution in [3.8, 4) is 51.0 Å². The summed E-state index contributed by atoms with van der Waals surface area (Å²) in [5.41, 5.74) is -3.72. The van der Waals surface area contributed by atoms with Gasteiger partial charge in [0.15, 0.2) is 40.2 Å². The van der Waals surface area contributed by atoms with Gasteiger partial charge in [0.1, 0.15) is 22.8 Å². The van der Waals surface area contributed by atoms with E-state index in [0.29, 0.717) is 50.8 Å². The minimum absolute atomic E-state index is 0.0177. The molecule has 258 valence electrons. The van der Waals surface area contributed by atoms with Crippen LogP contribution in [0.1, 0.15) is 57.0 Å². The second-order valence-electron chi connectivity index (χ2n) is 14.8. The number of aromatic hydroxyl groups is 1. The van der Waals surface area contributed by atoms with E-state index < -0.39 is 56.8 Å². The molecule has 0 bridgehead atoms. The molecular formula is C39H36O11. The summed E-state index contributed by atoms with van der Waals surface area (Å²) in [7, 11) is 0. The highest BCUT2D eigenvalue weighted by molar-refractivity contribution is 6.25. The third-order valence-corrected chi connectivity index (χ3v) is 11.4. The lowest BCUT2D eigenvalue weighted by molar-refractivity contribution is -0.171. The van der Waals surface area contributed by atoms with Gasteiger partial charge in [-0.1, -0.05) is 39.8 Å². The highest BCUT2D eigenvalue weighted by Gasteiger charge is 2.71. The molecule has 3 aromatic rings. The molecule has 0 aromatic heterocycles. The highest BCUT2D eigenvalue weighted by Crippen LogP contribution is 2.65. The monoisotopic (exact) mass is 680 g/mol. The molecule has 3 aromatic carbocycles. The van der Waals surface area contributed by atoms with Gasteiger partial charge in [0.05, 0.1) is 5.56 Å². The second kappa shape index (κ2) is 10.4. The zero-order valence-electron chi connectivity index (χ0n) is 28.2. The lowest BCUT2D eigenvalue weighted by Crippen LogP contribution is -2.67. The standard InChI is InChI=1S/C39H36O11/c1-17(2)30-33(42)28(18(3)40)35(44)39(46)36(45)31-34(43)29-23(13-37(31,4)14-38(30,39)5)21(19-6-8-24-26(10-19)49-15-47-24)12-22(32(29)41)20-7-9-25-27(11-20)50-16-48-25/h6-12,17,30,41-42,45-46H,13-16H2,1-5H3/t30?,37-,38-,39+/m1/s1. The van der Waals surface area contributed by atoms with Crippen LogP contribution in [0.15, 0.2) is 65.1 Å². The largest absolute Gasteiger partial charge is 0.511 e. The molecule has 4 atom stereocenters. The smallest absolute Gasteiger partial charge is 0.231 e. The minimum atomic E-state index is -2.71. The van der Waals surface area contributed by atoms with E-state index in [4.69, 9.17) is 18.9 Å². The quantitative estimate of drug-likeness (QED) is 0.234. The minimum Gasteiger partial charge on any atom is -0.511 e. The Morgan fingerprint density at radius 3 is 1.96 bits per heavy atom. The maximum Gasteiger partial charge on any atom is 0.231 e. The number of aliphatic hydroxyl groups excluding tert-OH is 2. The Morgan fingerprint density at radius 2 is 1.40 bits per heavy atom. The number of aliphatic hydroxyl groups is 3. The molecule has 0 spiro atoms.